The number of carbonyl (C=O) groups excluding carboxylic acids is 1. The number of fused-ring (bicyclic) bond motifs is 1. The molecule has 6 nitrogen and oxygen atoms in total. The summed E-state index contributed by atoms with van der Waals surface area (Å²) in [6, 6.07) is 13.2. The number of para-hydroxylation sites is 1. The largest absolute Gasteiger partial charge is 0.493 e. The van der Waals surface area contributed by atoms with Gasteiger partial charge in [0.15, 0.2) is 0 Å². The van der Waals surface area contributed by atoms with E-state index in [4.69, 9.17) is 4.74 Å². The van der Waals surface area contributed by atoms with Crippen molar-refractivity contribution >= 4 is 15.9 Å². The fourth-order valence-electron chi connectivity index (χ4n) is 2.90. The number of sulfonamides is 1. The van der Waals surface area contributed by atoms with Gasteiger partial charge in [-0.2, -0.15) is 0 Å². The molecule has 1 atom stereocenters. The van der Waals surface area contributed by atoms with Gasteiger partial charge in [0.1, 0.15) is 5.75 Å². The summed E-state index contributed by atoms with van der Waals surface area (Å²) in [6.07, 6.45) is 0.688. The predicted molar refractivity (Wildman–Crippen MR) is 98.7 cm³/mol. The van der Waals surface area contributed by atoms with Gasteiger partial charge in [-0.05, 0) is 44.2 Å². The molecule has 0 fully saturated rings. The predicted octanol–water partition coefficient (Wildman–Crippen LogP) is 2.63. The van der Waals surface area contributed by atoms with Crippen LogP contribution in [0.4, 0.5) is 0 Å². The van der Waals surface area contributed by atoms with Gasteiger partial charge in [-0.15, -0.1) is 0 Å². The highest BCUT2D eigenvalue weighted by Crippen LogP contribution is 2.31. The lowest BCUT2D eigenvalue weighted by atomic mass is 10.00. The molecule has 138 valence electrons. The minimum atomic E-state index is -3.57. The fourth-order valence-corrected chi connectivity index (χ4v) is 4.15. The summed E-state index contributed by atoms with van der Waals surface area (Å²) in [5, 5.41) is 3.00. The summed E-state index contributed by atoms with van der Waals surface area (Å²) in [4.78, 5) is 12.7. The summed E-state index contributed by atoms with van der Waals surface area (Å²) in [5.74, 6) is 0.540. The summed E-state index contributed by atoms with van der Waals surface area (Å²) in [7, 11) is -3.57. The first kappa shape index (κ1) is 18.4. The quantitative estimate of drug-likeness (QED) is 0.843. The number of hydrogen-bond acceptors (Lipinski definition) is 4. The Morgan fingerprint density at radius 1 is 1.12 bits per heavy atom. The molecule has 2 N–H and O–H groups in total. The number of benzene rings is 2. The average molecular weight is 374 g/mol. The molecule has 1 amide bonds. The Labute approximate surface area is 153 Å². The molecule has 0 saturated carbocycles. The van der Waals surface area contributed by atoms with Gasteiger partial charge < -0.3 is 10.1 Å². The van der Waals surface area contributed by atoms with E-state index in [0.717, 1.165) is 11.3 Å². The number of amides is 1. The third-order valence-corrected chi connectivity index (χ3v) is 5.76. The highest BCUT2D eigenvalue weighted by molar-refractivity contribution is 7.89. The highest BCUT2D eigenvalue weighted by atomic mass is 32.2. The van der Waals surface area contributed by atoms with E-state index >= 15 is 0 Å². The van der Waals surface area contributed by atoms with Crippen molar-refractivity contribution < 1.29 is 17.9 Å². The maximum atomic E-state index is 12.5. The molecule has 7 heteroatoms. The van der Waals surface area contributed by atoms with E-state index in [0.29, 0.717) is 18.6 Å². The van der Waals surface area contributed by atoms with Crippen LogP contribution in [0.2, 0.25) is 0 Å². The molecule has 1 unspecified atom stereocenters. The van der Waals surface area contributed by atoms with Gasteiger partial charge in [0.25, 0.3) is 5.91 Å². The summed E-state index contributed by atoms with van der Waals surface area (Å²) in [6.45, 7) is 4.05. The van der Waals surface area contributed by atoms with Crippen LogP contribution in [0, 0.1) is 0 Å². The van der Waals surface area contributed by atoms with Crippen LogP contribution >= 0.6 is 0 Å². The minimum Gasteiger partial charge on any atom is -0.493 e. The Morgan fingerprint density at radius 3 is 2.50 bits per heavy atom. The van der Waals surface area contributed by atoms with Crippen molar-refractivity contribution in [3.63, 3.8) is 0 Å². The van der Waals surface area contributed by atoms with E-state index in [9.17, 15) is 13.2 Å². The maximum absolute atomic E-state index is 12.5. The SMILES string of the molecule is CC(C)NS(=O)(=O)c1ccc(C(=O)NC2CCOc3ccccc32)cc1. The molecule has 0 aromatic heterocycles. The zero-order valence-corrected chi connectivity index (χ0v) is 15.5. The highest BCUT2D eigenvalue weighted by Gasteiger charge is 2.23. The first-order valence-corrected chi connectivity index (χ1v) is 10.00. The van der Waals surface area contributed by atoms with Crippen molar-refractivity contribution in [2.45, 2.75) is 37.2 Å². The molecule has 1 aliphatic heterocycles. The second-order valence-corrected chi connectivity index (χ2v) is 8.22. The van der Waals surface area contributed by atoms with Gasteiger partial charge in [0.05, 0.1) is 17.5 Å². The van der Waals surface area contributed by atoms with Gasteiger partial charge >= 0.3 is 0 Å². The van der Waals surface area contributed by atoms with Crippen LogP contribution in [0.3, 0.4) is 0 Å². The van der Waals surface area contributed by atoms with E-state index in [1.54, 1.807) is 13.8 Å². The first-order chi connectivity index (χ1) is 12.4. The lowest BCUT2D eigenvalue weighted by Gasteiger charge is -2.26. The van der Waals surface area contributed by atoms with Crippen LogP contribution in [0.15, 0.2) is 53.4 Å². The smallest absolute Gasteiger partial charge is 0.251 e. The van der Waals surface area contributed by atoms with Gasteiger partial charge in [-0.1, -0.05) is 18.2 Å². The van der Waals surface area contributed by atoms with Crippen LogP contribution in [0.25, 0.3) is 0 Å². The average Bonchev–Trinajstić information content (AvgIpc) is 2.61. The molecular formula is C19H22N2O4S. The molecule has 0 aliphatic carbocycles. The Balaban J connectivity index is 1.74. The van der Waals surface area contributed by atoms with E-state index in [-0.39, 0.29) is 22.9 Å². The lowest BCUT2D eigenvalue weighted by Crippen LogP contribution is -2.32. The van der Waals surface area contributed by atoms with Gasteiger partial charge in [0.2, 0.25) is 10.0 Å². The Kier molecular flexibility index (Phi) is 5.29. The minimum absolute atomic E-state index is 0.126. The molecular weight excluding hydrogens is 352 g/mol. The standard InChI is InChI=1S/C19H22N2O4S/c1-13(2)21-26(23,24)15-9-7-14(8-10-15)19(22)20-17-11-12-25-18-6-4-3-5-16(17)18/h3-10,13,17,21H,11-12H2,1-2H3,(H,20,22). The number of rotatable bonds is 5. The number of ether oxygens (including phenoxy) is 1. The molecule has 1 heterocycles. The van der Waals surface area contributed by atoms with Gasteiger partial charge in [-0.3, -0.25) is 4.79 Å². The van der Waals surface area contributed by atoms with Crippen LogP contribution in [-0.2, 0) is 10.0 Å². The molecule has 0 bridgehead atoms. The lowest BCUT2D eigenvalue weighted by molar-refractivity contribution is 0.0924. The number of carbonyl (C=O) groups is 1. The van der Waals surface area contributed by atoms with Gasteiger partial charge in [0, 0.05) is 23.6 Å². The van der Waals surface area contributed by atoms with Crippen molar-refractivity contribution in [1.29, 1.82) is 0 Å². The molecule has 1 aliphatic rings. The maximum Gasteiger partial charge on any atom is 0.251 e. The zero-order chi connectivity index (χ0) is 18.7. The summed E-state index contributed by atoms with van der Waals surface area (Å²) in [5.41, 5.74) is 1.37. The van der Waals surface area contributed by atoms with E-state index in [1.165, 1.54) is 24.3 Å². The van der Waals surface area contributed by atoms with Crippen LogP contribution in [0.5, 0.6) is 5.75 Å². The normalized spacial score (nSPS) is 16.7. The van der Waals surface area contributed by atoms with Gasteiger partial charge in [-0.25, -0.2) is 13.1 Å². The third kappa shape index (κ3) is 4.05. The van der Waals surface area contributed by atoms with Crippen molar-refractivity contribution in [1.82, 2.24) is 10.0 Å². The molecule has 26 heavy (non-hydrogen) atoms. The first-order valence-electron chi connectivity index (χ1n) is 8.52. The second-order valence-electron chi connectivity index (χ2n) is 6.50. The second kappa shape index (κ2) is 7.47. The number of hydrogen-bond donors (Lipinski definition) is 2. The van der Waals surface area contributed by atoms with E-state index in [2.05, 4.69) is 10.0 Å². The Hall–Kier alpha value is -2.38. The van der Waals surface area contributed by atoms with Crippen molar-refractivity contribution in [2.75, 3.05) is 6.61 Å². The van der Waals surface area contributed by atoms with Crippen molar-refractivity contribution in [3.05, 3.63) is 59.7 Å². The van der Waals surface area contributed by atoms with Crippen LogP contribution in [-0.4, -0.2) is 27.0 Å². The molecule has 3 rings (SSSR count). The monoisotopic (exact) mass is 374 g/mol. The fraction of sp³-hybridized carbons (Fsp3) is 0.316. The van der Waals surface area contributed by atoms with Crippen LogP contribution in [0.1, 0.15) is 42.2 Å². The molecule has 2 aromatic rings. The van der Waals surface area contributed by atoms with E-state index in [1.807, 2.05) is 24.3 Å². The zero-order valence-electron chi connectivity index (χ0n) is 14.7. The third-order valence-electron chi connectivity index (χ3n) is 4.08. The topological polar surface area (TPSA) is 84.5 Å². The summed E-state index contributed by atoms with van der Waals surface area (Å²) >= 11 is 0. The molecule has 2 aromatic carbocycles. The molecule has 0 spiro atoms. The molecule has 0 radical (unpaired) electrons. The molecule has 0 saturated heterocycles. The van der Waals surface area contributed by atoms with Crippen molar-refractivity contribution in [3.8, 4) is 5.75 Å². The van der Waals surface area contributed by atoms with E-state index < -0.39 is 10.0 Å². The Bertz CT molecular complexity index is 892. The van der Waals surface area contributed by atoms with Crippen molar-refractivity contribution in [2.24, 2.45) is 0 Å². The summed E-state index contributed by atoms with van der Waals surface area (Å²) < 4.78 is 32.4. The van der Waals surface area contributed by atoms with Crippen LogP contribution < -0.4 is 14.8 Å². The number of nitrogens with one attached hydrogen (secondary N) is 2. The Morgan fingerprint density at radius 2 is 1.81 bits per heavy atom.